The number of rotatable bonds is 1. The maximum atomic E-state index is 11.4. The van der Waals surface area contributed by atoms with Gasteiger partial charge in [0.1, 0.15) is 0 Å². The molecule has 4 rings (SSSR count). The molecule has 0 amide bonds. The molecule has 0 aliphatic carbocycles. The SMILES string of the molecule is COC(=O)c1ccc(C#Cc2ccc(C#Cc3ccc4c(c3)OCO4)cc2)cc1. The number of fused-ring (bicyclic) bond motifs is 1. The van der Waals surface area contributed by atoms with Gasteiger partial charge in [-0.2, -0.15) is 0 Å². The van der Waals surface area contributed by atoms with Gasteiger partial charge in [-0.15, -0.1) is 0 Å². The topological polar surface area (TPSA) is 44.8 Å². The molecule has 0 bridgehead atoms. The zero-order valence-electron chi connectivity index (χ0n) is 15.7. The fourth-order valence-corrected chi connectivity index (χ4v) is 2.71. The van der Waals surface area contributed by atoms with Gasteiger partial charge in [-0.05, 0) is 66.7 Å². The summed E-state index contributed by atoms with van der Waals surface area (Å²) in [6, 6.07) is 20.4. The molecule has 4 nitrogen and oxygen atoms in total. The van der Waals surface area contributed by atoms with Crippen LogP contribution in [0.3, 0.4) is 0 Å². The van der Waals surface area contributed by atoms with Gasteiger partial charge in [-0.3, -0.25) is 0 Å². The summed E-state index contributed by atoms with van der Waals surface area (Å²) in [7, 11) is 1.36. The van der Waals surface area contributed by atoms with Crippen molar-refractivity contribution in [3.63, 3.8) is 0 Å². The average Bonchev–Trinajstić information content (AvgIpc) is 3.25. The predicted octanol–water partition coefficient (Wildman–Crippen LogP) is 4.00. The smallest absolute Gasteiger partial charge is 0.337 e. The van der Waals surface area contributed by atoms with E-state index in [-0.39, 0.29) is 12.8 Å². The van der Waals surface area contributed by atoms with E-state index in [9.17, 15) is 4.79 Å². The van der Waals surface area contributed by atoms with Crippen LogP contribution >= 0.6 is 0 Å². The molecule has 0 radical (unpaired) electrons. The van der Waals surface area contributed by atoms with Crippen LogP contribution < -0.4 is 9.47 Å². The number of benzene rings is 3. The molecule has 140 valence electrons. The quantitative estimate of drug-likeness (QED) is 0.473. The third-order valence-corrected chi connectivity index (χ3v) is 4.27. The molecule has 0 spiro atoms. The molecule has 29 heavy (non-hydrogen) atoms. The summed E-state index contributed by atoms with van der Waals surface area (Å²) in [5.41, 5.74) is 3.98. The van der Waals surface area contributed by atoms with Gasteiger partial charge in [-0.1, -0.05) is 23.7 Å². The van der Waals surface area contributed by atoms with Gasteiger partial charge in [0.2, 0.25) is 6.79 Å². The minimum atomic E-state index is -0.359. The van der Waals surface area contributed by atoms with Crippen LogP contribution in [0.4, 0.5) is 0 Å². The molecule has 0 N–H and O–H groups in total. The molecule has 3 aromatic rings. The van der Waals surface area contributed by atoms with Crippen LogP contribution in [0, 0.1) is 23.7 Å². The van der Waals surface area contributed by atoms with Gasteiger partial charge >= 0.3 is 5.97 Å². The molecule has 1 aliphatic rings. The number of carbonyl (C=O) groups excluding carboxylic acids is 1. The lowest BCUT2D eigenvalue weighted by molar-refractivity contribution is 0.0600. The second kappa shape index (κ2) is 8.25. The summed E-state index contributed by atoms with van der Waals surface area (Å²) in [4.78, 5) is 11.4. The Morgan fingerprint density at radius 3 is 1.79 bits per heavy atom. The number of ether oxygens (including phenoxy) is 3. The lowest BCUT2D eigenvalue weighted by Crippen LogP contribution is -2.00. The fourth-order valence-electron chi connectivity index (χ4n) is 2.71. The first-order valence-electron chi connectivity index (χ1n) is 8.93. The fraction of sp³-hybridized carbons (Fsp3) is 0.0800. The van der Waals surface area contributed by atoms with E-state index in [0.29, 0.717) is 5.56 Å². The van der Waals surface area contributed by atoms with Crippen LogP contribution in [0.15, 0.2) is 66.7 Å². The highest BCUT2D eigenvalue weighted by Crippen LogP contribution is 2.32. The lowest BCUT2D eigenvalue weighted by Gasteiger charge is -1.98. The van der Waals surface area contributed by atoms with Crippen LogP contribution in [0.25, 0.3) is 0 Å². The highest BCUT2D eigenvalue weighted by Gasteiger charge is 2.12. The average molecular weight is 380 g/mol. The Morgan fingerprint density at radius 2 is 1.21 bits per heavy atom. The zero-order chi connectivity index (χ0) is 20.1. The predicted molar refractivity (Wildman–Crippen MR) is 109 cm³/mol. The second-order valence-corrected chi connectivity index (χ2v) is 6.21. The van der Waals surface area contributed by atoms with E-state index < -0.39 is 0 Å². The number of hydrogen-bond acceptors (Lipinski definition) is 4. The van der Waals surface area contributed by atoms with Gasteiger partial charge in [0.25, 0.3) is 0 Å². The number of carbonyl (C=O) groups is 1. The minimum absolute atomic E-state index is 0.254. The molecule has 0 unspecified atom stereocenters. The highest BCUT2D eigenvalue weighted by atomic mass is 16.7. The van der Waals surface area contributed by atoms with Crippen molar-refractivity contribution in [1.82, 2.24) is 0 Å². The van der Waals surface area contributed by atoms with Crippen LogP contribution in [-0.4, -0.2) is 19.9 Å². The lowest BCUT2D eigenvalue weighted by atomic mass is 10.1. The van der Waals surface area contributed by atoms with Gasteiger partial charge in [0, 0.05) is 22.3 Å². The summed E-state index contributed by atoms with van der Waals surface area (Å²) in [6.07, 6.45) is 0. The molecular weight excluding hydrogens is 364 g/mol. The molecule has 1 heterocycles. The number of hydrogen-bond donors (Lipinski definition) is 0. The van der Waals surface area contributed by atoms with Gasteiger partial charge in [-0.25, -0.2) is 4.79 Å². The Morgan fingerprint density at radius 1 is 0.724 bits per heavy atom. The van der Waals surface area contributed by atoms with Crippen LogP contribution in [0.2, 0.25) is 0 Å². The van der Waals surface area contributed by atoms with Gasteiger partial charge in [0.15, 0.2) is 11.5 Å². The number of methoxy groups -OCH3 is 1. The Balaban J connectivity index is 1.44. The van der Waals surface area contributed by atoms with Crippen molar-refractivity contribution in [2.45, 2.75) is 0 Å². The maximum absolute atomic E-state index is 11.4. The molecule has 3 aromatic carbocycles. The van der Waals surface area contributed by atoms with E-state index in [1.807, 2.05) is 42.5 Å². The second-order valence-electron chi connectivity index (χ2n) is 6.21. The van der Waals surface area contributed by atoms with Crippen molar-refractivity contribution in [1.29, 1.82) is 0 Å². The third kappa shape index (κ3) is 4.40. The van der Waals surface area contributed by atoms with Crippen molar-refractivity contribution in [2.75, 3.05) is 13.9 Å². The van der Waals surface area contributed by atoms with Crippen molar-refractivity contribution < 1.29 is 19.0 Å². The largest absolute Gasteiger partial charge is 0.465 e. The summed E-state index contributed by atoms with van der Waals surface area (Å²) in [6.45, 7) is 0.254. The van der Waals surface area contributed by atoms with Crippen LogP contribution in [-0.2, 0) is 4.74 Å². The summed E-state index contributed by atoms with van der Waals surface area (Å²) in [5.74, 6) is 13.6. The van der Waals surface area contributed by atoms with Gasteiger partial charge in [0.05, 0.1) is 12.7 Å². The molecule has 0 saturated carbocycles. The zero-order valence-corrected chi connectivity index (χ0v) is 15.7. The first kappa shape index (κ1) is 18.2. The standard InChI is InChI=1S/C25H16O4/c1-27-25(26)22-13-10-20(11-14-22)7-6-18-2-4-19(5-3-18)8-9-21-12-15-23-24(16-21)29-17-28-23/h2-5,10-16H,17H2,1H3. The van der Waals surface area contributed by atoms with E-state index in [0.717, 1.165) is 33.8 Å². The van der Waals surface area contributed by atoms with E-state index in [4.69, 9.17) is 9.47 Å². The van der Waals surface area contributed by atoms with E-state index >= 15 is 0 Å². The summed E-state index contributed by atoms with van der Waals surface area (Å²) < 4.78 is 15.4. The van der Waals surface area contributed by atoms with Crippen LogP contribution in [0.5, 0.6) is 11.5 Å². The Hall–Kier alpha value is -4.15. The molecule has 4 heteroatoms. The molecule has 1 aliphatic heterocycles. The maximum Gasteiger partial charge on any atom is 0.337 e. The van der Waals surface area contributed by atoms with Crippen LogP contribution in [0.1, 0.15) is 32.6 Å². The molecule has 0 saturated heterocycles. The molecule has 0 aromatic heterocycles. The highest BCUT2D eigenvalue weighted by molar-refractivity contribution is 5.89. The van der Waals surface area contributed by atoms with Crippen molar-refractivity contribution in [2.24, 2.45) is 0 Å². The minimum Gasteiger partial charge on any atom is -0.465 e. The summed E-state index contributed by atoms with van der Waals surface area (Å²) in [5, 5.41) is 0. The third-order valence-electron chi connectivity index (χ3n) is 4.27. The van der Waals surface area contributed by atoms with Crippen molar-refractivity contribution in [3.05, 3.63) is 94.5 Å². The van der Waals surface area contributed by atoms with Gasteiger partial charge < -0.3 is 14.2 Å². The first-order valence-corrected chi connectivity index (χ1v) is 8.93. The van der Waals surface area contributed by atoms with Crippen molar-refractivity contribution in [3.8, 4) is 35.2 Å². The number of esters is 1. The molecular formula is C25H16O4. The van der Waals surface area contributed by atoms with E-state index in [1.54, 1.807) is 24.3 Å². The Labute approximate surface area is 169 Å². The van der Waals surface area contributed by atoms with Crippen molar-refractivity contribution >= 4 is 5.97 Å². The molecule has 0 atom stereocenters. The monoisotopic (exact) mass is 380 g/mol. The Kier molecular flexibility index (Phi) is 5.18. The summed E-state index contributed by atoms with van der Waals surface area (Å²) >= 11 is 0. The normalized spacial score (nSPS) is 10.9. The molecule has 0 fully saturated rings. The Bertz CT molecular complexity index is 1170. The van der Waals surface area contributed by atoms with E-state index in [1.165, 1.54) is 7.11 Å². The van der Waals surface area contributed by atoms with E-state index in [2.05, 4.69) is 28.4 Å². The first-order chi connectivity index (χ1) is 14.2.